The molecular formula is C18H21F2N3O2. The van der Waals surface area contributed by atoms with Gasteiger partial charge in [-0.25, -0.2) is 13.8 Å². The molecule has 25 heavy (non-hydrogen) atoms. The number of halogens is 2. The highest BCUT2D eigenvalue weighted by Crippen LogP contribution is 2.39. The van der Waals surface area contributed by atoms with Crippen molar-refractivity contribution in [3.8, 4) is 0 Å². The Bertz CT molecular complexity index is 715. The van der Waals surface area contributed by atoms with Crippen LogP contribution in [-0.2, 0) is 11.3 Å². The first-order valence-corrected chi connectivity index (χ1v) is 8.41. The molecule has 2 aromatic rings. The lowest BCUT2D eigenvalue weighted by molar-refractivity contribution is -0.123. The molecule has 0 radical (unpaired) electrons. The number of aromatic nitrogens is 2. The molecule has 0 spiro atoms. The first kappa shape index (κ1) is 17.5. The fraction of sp³-hybridized carbons (Fsp3) is 0.444. The molecule has 1 aliphatic carbocycles. The summed E-state index contributed by atoms with van der Waals surface area (Å²) in [6.07, 6.45) is 6.69. The summed E-state index contributed by atoms with van der Waals surface area (Å²) in [5, 5.41) is 12.4. The average Bonchev–Trinajstić information content (AvgIpc) is 3.04. The molecule has 1 aliphatic rings. The summed E-state index contributed by atoms with van der Waals surface area (Å²) in [5.74, 6) is -1.56. The van der Waals surface area contributed by atoms with Gasteiger partial charge in [-0.15, -0.1) is 0 Å². The normalized spacial score (nSPS) is 20.8. The molecule has 1 aromatic heterocycles. The van der Waals surface area contributed by atoms with Gasteiger partial charge in [0.2, 0.25) is 5.91 Å². The smallest absolute Gasteiger partial charge is 0.220 e. The van der Waals surface area contributed by atoms with Crippen LogP contribution in [0.15, 0.2) is 36.9 Å². The molecule has 134 valence electrons. The summed E-state index contributed by atoms with van der Waals surface area (Å²) in [5.41, 5.74) is 0.265. The summed E-state index contributed by atoms with van der Waals surface area (Å²) < 4.78 is 29.2. The van der Waals surface area contributed by atoms with E-state index in [0.717, 1.165) is 6.07 Å². The second-order valence-corrected chi connectivity index (χ2v) is 6.50. The maximum atomic E-state index is 14.1. The van der Waals surface area contributed by atoms with Gasteiger partial charge in [0.05, 0.1) is 18.5 Å². The first-order chi connectivity index (χ1) is 12.0. The average molecular weight is 349 g/mol. The quantitative estimate of drug-likeness (QED) is 0.807. The van der Waals surface area contributed by atoms with Crippen LogP contribution in [0.1, 0.15) is 37.3 Å². The molecule has 0 saturated heterocycles. The van der Waals surface area contributed by atoms with Crippen molar-refractivity contribution in [3.05, 3.63) is 54.1 Å². The second-order valence-electron chi connectivity index (χ2n) is 6.50. The van der Waals surface area contributed by atoms with Crippen molar-refractivity contribution >= 4 is 5.91 Å². The summed E-state index contributed by atoms with van der Waals surface area (Å²) in [7, 11) is 0. The zero-order valence-corrected chi connectivity index (χ0v) is 13.7. The molecule has 1 atom stereocenters. The van der Waals surface area contributed by atoms with Crippen molar-refractivity contribution in [3.63, 3.8) is 0 Å². The molecule has 7 heteroatoms. The van der Waals surface area contributed by atoms with Crippen LogP contribution in [0, 0.1) is 17.6 Å². The van der Waals surface area contributed by atoms with Gasteiger partial charge in [0.25, 0.3) is 0 Å². The molecule has 5 nitrogen and oxygen atoms in total. The van der Waals surface area contributed by atoms with Crippen LogP contribution in [0.3, 0.4) is 0 Å². The van der Waals surface area contributed by atoms with E-state index in [2.05, 4.69) is 10.3 Å². The van der Waals surface area contributed by atoms with E-state index < -0.39 is 23.8 Å². The minimum absolute atomic E-state index is 0.0486. The van der Waals surface area contributed by atoms with Gasteiger partial charge in [-0.3, -0.25) is 4.79 Å². The van der Waals surface area contributed by atoms with Gasteiger partial charge in [0, 0.05) is 37.0 Å². The monoisotopic (exact) mass is 349 g/mol. The third kappa shape index (κ3) is 4.42. The number of hydrogen-bond donors (Lipinski definition) is 2. The van der Waals surface area contributed by atoms with Crippen LogP contribution in [0.2, 0.25) is 0 Å². The predicted octanol–water partition coefficient (Wildman–Crippen LogP) is 2.57. The Morgan fingerprint density at radius 3 is 2.84 bits per heavy atom. The van der Waals surface area contributed by atoms with Crippen molar-refractivity contribution in [2.24, 2.45) is 5.92 Å². The lowest BCUT2D eigenvalue weighted by Crippen LogP contribution is -2.41. The lowest BCUT2D eigenvalue weighted by Gasteiger charge is -2.38. The molecular weight excluding hydrogens is 328 g/mol. The van der Waals surface area contributed by atoms with E-state index in [1.54, 1.807) is 12.5 Å². The van der Waals surface area contributed by atoms with Gasteiger partial charge >= 0.3 is 0 Å². The summed E-state index contributed by atoms with van der Waals surface area (Å²) in [6, 6.07) is 2.82. The summed E-state index contributed by atoms with van der Waals surface area (Å²) >= 11 is 0. The Kier molecular flexibility index (Phi) is 5.43. The first-order valence-electron chi connectivity index (χ1n) is 8.41. The maximum Gasteiger partial charge on any atom is 0.220 e. The number of carbonyl (C=O) groups excluding carboxylic acids is 1. The molecule has 0 aliphatic heterocycles. The van der Waals surface area contributed by atoms with Crippen LogP contribution < -0.4 is 5.32 Å². The van der Waals surface area contributed by atoms with Crippen molar-refractivity contribution in [1.82, 2.24) is 14.9 Å². The number of aliphatic hydroxyl groups excluding tert-OH is 1. The highest BCUT2D eigenvalue weighted by Gasteiger charge is 2.36. The largest absolute Gasteiger partial charge is 0.393 e. The SMILES string of the molecule is O=C(CCCn1ccnc1)NC(c1ccc(F)cc1F)C1CC(O)C1. The molecule has 1 heterocycles. The molecule has 0 bridgehead atoms. The number of nitrogens with zero attached hydrogens (tertiary/aromatic N) is 2. The number of amides is 1. The third-order valence-electron chi connectivity index (χ3n) is 4.61. The van der Waals surface area contributed by atoms with Gasteiger partial charge in [-0.1, -0.05) is 6.07 Å². The Labute approximate surface area is 144 Å². The van der Waals surface area contributed by atoms with Crippen LogP contribution >= 0.6 is 0 Å². The molecule has 1 unspecified atom stereocenters. The minimum Gasteiger partial charge on any atom is -0.393 e. The van der Waals surface area contributed by atoms with Gasteiger partial charge in [-0.2, -0.15) is 0 Å². The molecule has 1 fully saturated rings. The van der Waals surface area contributed by atoms with E-state index in [9.17, 15) is 18.7 Å². The van der Waals surface area contributed by atoms with Crippen LogP contribution in [0.5, 0.6) is 0 Å². The molecule has 1 saturated carbocycles. The number of rotatable bonds is 7. The zero-order valence-electron chi connectivity index (χ0n) is 13.7. The maximum absolute atomic E-state index is 14.1. The van der Waals surface area contributed by atoms with Crippen LogP contribution in [0.25, 0.3) is 0 Å². The number of imidazole rings is 1. The summed E-state index contributed by atoms with van der Waals surface area (Å²) in [4.78, 5) is 16.2. The fourth-order valence-electron chi connectivity index (χ4n) is 3.19. The number of benzene rings is 1. The van der Waals surface area contributed by atoms with Crippen LogP contribution in [0.4, 0.5) is 8.78 Å². The Morgan fingerprint density at radius 2 is 2.20 bits per heavy atom. The van der Waals surface area contributed by atoms with Gasteiger partial charge in [0.1, 0.15) is 11.6 Å². The van der Waals surface area contributed by atoms with Gasteiger partial charge in [0.15, 0.2) is 0 Å². The van der Waals surface area contributed by atoms with E-state index in [1.165, 1.54) is 12.1 Å². The standard InChI is InChI=1S/C18H21F2N3O2/c19-13-3-4-15(16(20)10-13)18(12-8-14(24)9-12)22-17(25)2-1-6-23-7-5-21-11-23/h3-5,7,10-12,14,18,24H,1-2,6,8-9H2,(H,22,25). The third-order valence-corrected chi connectivity index (χ3v) is 4.61. The highest BCUT2D eigenvalue weighted by molar-refractivity contribution is 5.76. The van der Waals surface area contributed by atoms with Gasteiger partial charge in [-0.05, 0) is 31.2 Å². The molecule has 1 amide bonds. The Morgan fingerprint density at radius 1 is 1.40 bits per heavy atom. The van der Waals surface area contributed by atoms with E-state index in [4.69, 9.17) is 0 Å². The van der Waals surface area contributed by atoms with E-state index >= 15 is 0 Å². The van der Waals surface area contributed by atoms with E-state index in [1.807, 2.05) is 10.8 Å². The van der Waals surface area contributed by atoms with Gasteiger partial charge < -0.3 is 15.0 Å². The van der Waals surface area contributed by atoms with Crippen LogP contribution in [-0.4, -0.2) is 26.7 Å². The lowest BCUT2D eigenvalue weighted by atomic mass is 9.75. The topological polar surface area (TPSA) is 67.2 Å². The van der Waals surface area contributed by atoms with E-state index in [-0.39, 0.29) is 17.4 Å². The number of aryl methyl sites for hydroxylation is 1. The van der Waals surface area contributed by atoms with Crippen molar-refractivity contribution < 1.29 is 18.7 Å². The number of aliphatic hydroxyl groups is 1. The Balaban J connectivity index is 1.62. The molecule has 2 N–H and O–H groups in total. The second kappa shape index (κ2) is 7.74. The summed E-state index contributed by atoms with van der Waals surface area (Å²) in [6.45, 7) is 0.672. The van der Waals surface area contributed by atoms with Crippen molar-refractivity contribution in [2.45, 2.75) is 44.4 Å². The highest BCUT2D eigenvalue weighted by atomic mass is 19.1. The molecule has 1 aromatic carbocycles. The Hall–Kier alpha value is -2.28. The van der Waals surface area contributed by atoms with Crippen molar-refractivity contribution in [1.29, 1.82) is 0 Å². The fourth-order valence-corrected chi connectivity index (χ4v) is 3.19. The zero-order chi connectivity index (χ0) is 17.8. The predicted molar refractivity (Wildman–Crippen MR) is 87.4 cm³/mol. The van der Waals surface area contributed by atoms with E-state index in [0.29, 0.717) is 32.2 Å². The van der Waals surface area contributed by atoms with Crippen molar-refractivity contribution in [2.75, 3.05) is 0 Å². The number of hydrogen-bond acceptors (Lipinski definition) is 3. The molecule has 3 rings (SSSR count). The minimum atomic E-state index is -0.676. The number of carbonyl (C=O) groups is 1. The number of nitrogens with one attached hydrogen (secondary N) is 1.